The number of benzene rings is 1. The van der Waals surface area contributed by atoms with E-state index in [2.05, 4.69) is 5.32 Å². The molecule has 0 saturated carbocycles. The average molecular weight is 378 g/mol. The Labute approximate surface area is 161 Å². The lowest BCUT2D eigenvalue weighted by molar-refractivity contribution is -0.135. The highest BCUT2D eigenvalue weighted by Gasteiger charge is 2.26. The number of hydrogen-bond donors (Lipinski definition) is 1. The van der Waals surface area contributed by atoms with Gasteiger partial charge in [-0.1, -0.05) is 6.07 Å². The van der Waals surface area contributed by atoms with Crippen LogP contribution in [0.2, 0.25) is 0 Å². The highest BCUT2D eigenvalue weighted by atomic mass is 16.5. The van der Waals surface area contributed by atoms with E-state index >= 15 is 0 Å². The largest absolute Gasteiger partial charge is 0.493 e. The molecule has 0 unspecified atom stereocenters. The summed E-state index contributed by atoms with van der Waals surface area (Å²) in [4.78, 5) is 26.4. The lowest BCUT2D eigenvalue weighted by atomic mass is 9.95. The summed E-state index contributed by atoms with van der Waals surface area (Å²) in [5, 5.41) is 2.87. The van der Waals surface area contributed by atoms with E-state index in [-0.39, 0.29) is 17.7 Å². The Morgan fingerprint density at radius 3 is 2.44 bits per heavy atom. The van der Waals surface area contributed by atoms with Crippen LogP contribution in [0.1, 0.15) is 24.8 Å². The Hall–Kier alpha value is -2.28. The van der Waals surface area contributed by atoms with Gasteiger partial charge in [0.1, 0.15) is 0 Å². The maximum absolute atomic E-state index is 12.5. The van der Waals surface area contributed by atoms with Crippen LogP contribution in [0.5, 0.6) is 11.5 Å². The van der Waals surface area contributed by atoms with Gasteiger partial charge in [-0.3, -0.25) is 9.59 Å². The first kappa shape index (κ1) is 21.0. The van der Waals surface area contributed by atoms with Gasteiger partial charge >= 0.3 is 0 Å². The van der Waals surface area contributed by atoms with E-state index in [0.717, 1.165) is 5.56 Å². The molecule has 1 aliphatic rings. The van der Waals surface area contributed by atoms with Gasteiger partial charge in [0.25, 0.3) is 0 Å². The zero-order valence-corrected chi connectivity index (χ0v) is 16.5. The Kier molecular flexibility index (Phi) is 8.39. The molecule has 1 saturated heterocycles. The number of nitrogens with one attached hydrogen (secondary N) is 1. The quantitative estimate of drug-likeness (QED) is 0.661. The molecule has 7 nitrogen and oxygen atoms in total. The van der Waals surface area contributed by atoms with Gasteiger partial charge < -0.3 is 24.4 Å². The van der Waals surface area contributed by atoms with E-state index in [9.17, 15) is 9.59 Å². The van der Waals surface area contributed by atoms with Gasteiger partial charge in [0.05, 0.1) is 20.8 Å². The van der Waals surface area contributed by atoms with Crippen molar-refractivity contribution in [2.75, 3.05) is 47.6 Å². The van der Waals surface area contributed by atoms with Crippen LogP contribution in [-0.4, -0.2) is 64.3 Å². The standard InChI is InChI=1S/C20H30N2O5/c1-25-13-10-21-20(24)16-8-11-22(12-9-16)19(23)7-5-15-4-6-17(26-2)18(14-15)27-3/h4,6,14,16H,5,7-13H2,1-3H3,(H,21,24). The third-order valence-electron chi connectivity index (χ3n) is 4.90. The predicted molar refractivity (Wildman–Crippen MR) is 102 cm³/mol. The summed E-state index contributed by atoms with van der Waals surface area (Å²) in [6.45, 7) is 2.30. The fraction of sp³-hybridized carbons (Fsp3) is 0.600. The molecule has 0 aliphatic carbocycles. The molecule has 1 aromatic carbocycles. The molecular formula is C20H30N2O5. The lowest BCUT2D eigenvalue weighted by Crippen LogP contribution is -2.43. The molecule has 0 bridgehead atoms. The second-order valence-corrected chi connectivity index (χ2v) is 6.63. The van der Waals surface area contributed by atoms with Crippen LogP contribution in [0.4, 0.5) is 0 Å². The first-order valence-electron chi connectivity index (χ1n) is 9.34. The number of nitrogens with zero attached hydrogens (tertiary/aromatic N) is 1. The number of ether oxygens (including phenoxy) is 3. The van der Waals surface area contributed by atoms with Gasteiger partial charge in [-0.25, -0.2) is 0 Å². The summed E-state index contributed by atoms with van der Waals surface area (Å²) in [5.74, 6) is 1.52. The number of piperidine rings is 1. The monoisotopic (exact) mass is 378 g/mol. The van der Waals surface area contributed by atoms with Crippen molar-refractivity contribution in [3.05, 3.63) is 23.8 Å². The van der Waals surface area contributed by atoms with Crippen molar-refractivity contribution in [1.29, 1.82) is 0 Å². The Morgan fingerprint density at radius 1 is 1.11 bits per heavy atom. The Balaban J connectivity index is 1.77. The molecule has 150 valence electrons. The number of carbonyl (C=O) groups excluding carboxylic acids is 2. The molecule has 27 heavy (non-hydrogen) atoms. The van der Waals surface area contributed by atoms with Crippen molar-refractivity contribution in [3.63, 3.8) is 0 Å². The van der Waals surface area contributed by atoms with Gasteiger partial charge in [-0.2, -0.15) is 0 Å². The zero-order chi connectivity index (χ0) is 19.6. The van der Waals surface area contributed by atoms with E-state index in [4.69, 9.17) is 14.2 Å². The summed E-state index contributed by atoms with van der Waals surface area (Å²) >= 11 is 0. The number of aryl methyl sites for hydroxylation is 1. The normalized spacial score (nSPS) is 14.7. The van der Waals surface area contributed by atoms with Crippen LogP contribution in [0.3, 0.4) is 0 Å². The van der Waals surface area contributed by atoms with Gasteiger partial charge in [-0.05, 0) is 37.0 Å². The van der Waals surface area contributed by atoms with Gasteiger partial charge in [-0.15, -0.1) is 0 Å². The fourth-order valence-electron chi connectivity index (χ4n) is 3.26. The minimum absolute atomic E-state index is 0.0169. The van der Waals surface area contributed by atoms with E-state index in [0.29, 0.717) is 63.4 Å². The summed E-state index contributed by atoms with van der Waals surface area (Å²) in [5.41, 5.74) is 1.04. The lowest BCUT2D eigenvalue weighted by Gasteiger charge is -2.31. The smallest absolute Gasteiger partial charge is 0.223 e. The molecule has 1 N–H and O–H groups in total. The van der Waals surface area contributed by atoms with E-state index in [1.807, 2.05) is 23.1 Å². The molecule has 1 aromatic rings. The Bertz CT molecular complexity index is 627. The number of likely N-dealkylation sites (tertiary alicyclic amines) is 1. The highest BCUT2D eigenvalue weighted by Crippen LogP contribution is 2.28. The van der Waals surface area contributed by atoms with E-state index < -0.39 is 0 Å². The summed E-state index contributed by atoms with van der Waals surface area (Å²) in [6, 6.07) is 5.71. The average Bonchev–Trinajstić information content (AvgIpc) is 2.71. The number of amides is 2. The zero-order valence-electron chi connectivity index (χ0n) is 16.5. The molecule has 0 spiro atoms. The van der Waals surface area contributed by atoms with Crippen LogP contribution >= 0.6 is 0 Å². The number of carbonyl (C=O) groups is 2. The predicted octanol–water partition coefficient (Wildman–Crippen LogP) is 1.64. The second-order valence-electron chi connectivity index (χ2n) is 6.63. The number of methoxy groups -OCH3 is 3. The first-order valence-corrected chi connectivity index (χ1v) is 9.34. The van der Waals surface area contributed by atoms with Crippen molar-refractivity contribution in [2.24, 2.45) is 5.92 Å². The minimum Gasteiger partial charge on any atom is -0.493 e. The van der Waals surface area contributed by atoms with Gasteiger partial charge in [0, 0.05) is 39.1 Å². The molecule has 0 aromatic heterocycles. The second kappa shape index (κ2) is 10.8. The van der Waals surface area contributed by atoms with E-state index in [1.165, 1.54) is 0 Å². The van der Waals surface area contributed by atoms with Gasteiger partial charge in [0.15, 0.2) is 11.5 Å². The molecule has 1 aliphatic heterocycles. The molecule has 0 radical (unpaired) electrons. The van der Waals surface area contributed by atoms with Gasteiger partial charge in [0.2, 0.25) is 11.8 Å². The van der Waals surface area contributed by atoms with Crippen molar-refractivity contribution in [3.8, 4) is 11.5 Å². The van der Waals surface area contributed by atoms with Crippen LogP contribution in [-0.2, 0) is 20.7 Å². The topological polar surface area (TPSA) is 77.1 Å². The molecule has 0 atom stereocenters. The van der Waals surface area contributed by atoms with Crippen LogP contribution in [0, 0.1) is 5.92 Å². The van der Waals surface area contributed by atoms with Crippen molar-refractivity contribution in [2.45, 2.75) is 25.7 Å². The van der Waals surface area contributed by atoms with Crippen LogP contribution in [0.15, 0.2) is 18.2 Å². The molecule has 2 rings (SSSR count). The van der Waals surface area contributed by atoms with Crippen LogP contribution in [0.25, 0.3) is 0 Å². The molecule has 2 amide bonds. The molecular weight excluding hydrogens is 348 g/mol. The number of hydrogen-bond acceptors (Lipinski definition) is 5. The Morgan fingerprint density at radius 2 is 1.81 bits per heavy atom. The maximum Gasteiger partial charge on any atom is 0.223 e. The maximum atomic E-state index is 12.5. The van der Waals surface area contributed by atoms with Crippen LogP contribution < -0.4 is 14.8 Å². The summed E-state index contributed by atoms with van der Waals surface area (Å²) < 4.78 is 15.5. The molecule has 1 heterocycles. The number of rotatable bonds is 9. The van der Waals surface area contributed by atoms with Crippen molar-refractivity contribution < 1.29 is 23.8 Å². The van der Waals surface area contributed by atoms with Crippen molar-refractivity contribution >= 4 is 11.8 Å². The summed E-state index contributed by atoms with van der Waals surface area (Å²) in [7, 11) is 4.81. The van der Waals surface area contributed by atoms with E-state index in [1.54, 1.807) is 21.3 Å². The molecule has 1 fully saturated rings. The minimum atomic E-state index is -0.0169. The van der Waals surface area contributed by atoms with Crippen molar-refractivity contribution in [1.82, 2.24) is 10.2 Å². The molecule has 7 heteroatoms. The third kappa shape index (κ3) is 6.13. The summed E-state index contributed by atoms with van der Waals surface area (Å²) in [6.07, 6.45) is 2.51. The fourth-order valence-corrected chi connectivity index (χ4v) is 3.26. The SMILES string of the molecule is COCCNC(=O)C1CCN(C(=O)CCc2ccc(OC)c(OC)c2)CC1. The first-order chi connectivity index (χ1) is 13.1. The highest BCUT2D eigenvalue weighted by molar-refractivity contribution is 5.80. The third-order valence-corrected chi connectivity index (χ3v) is 4.90.